The molecule has 7 rings (SSSR count). The third-order valence-corrected chi connectivity index (χ3v) is 10.3. The van der Waals surface area contributed by atoms with E-state index in [1.807, 2.05) is 42.6 Å². The lowest BCUT2D eigenvalue weighted by Crippen LogP contribution is -2.45. The van der Waals surface area contributed by atoms with Crippen molar-refractivity contribution < 1.29 is 4.79 Å². The zero-order chi connectivity index (χ0) is 27.1. The molecule has 0 saturated heterocycles. The zero-order valence-electron chi connectivity index (χ0n) is 22.4. The highest BCUT2D eigenvalue weighted by atomic mass is 35.5. The average molecular weight is 585 g/mol. The van der Waals surface area contributed by atoms with Crippen LogP contribution >= 0.6 is 34.8 Å². The number of benzene rings is 2. The summed E-state index contributed by atoms with van der Waals surface area (Å²) in [6, 6.07) is 13.1. The van der Waals surface area contributed by atoms with Gasteiger partial charge in [-0.2, -0.15) is 0 Å². The van der Waals surface area contributed by atoms with E-state index >= 15 is 0 Å². The quantitative estimate of drug-likeness (QED) is 0.255. The van der Waals surface area contributed by atoms with Gasteiger partial charge in [-0.05, 0) is 128 Å². The van der Waals surface area contributed by atoms with Gasteiger partial charge in [0.2, 0.25) is 0 Å². The van der Waals surface area contributed by atoms with Crippen LogP contribution in [0.3, 0.4) is 0 Å². The summed E-state index contributed by atoms with van der Waals surface area (Å²) < 4.78 is 2.07. The first-order valence-corrected chi connectivity index (χ1v) is 15.4. The minimum atomic E-state index is -0.121. The van der Waals surface area contributed by atoms with E-state index in [0.29, 0.717) is 21.6 Å². The van der Waals surface area contributed by atoms with Gasteiger partial charge < -0.3 is 15.2 Å². The topological polar surface area (TPSA) is 46.1 Å². The molecule has 0 unspecified atom stereocenters. The summed E-state index contributed by atoms with van der Waals surface area (Å²) in [6.45, 7) is 3.22. The Morgan fingerprint density at radius 2 is 1.56 bits per heavy atom. The summed E-state index contributed by atoms with van der Waals surface area (Å²) >= 11 is 18.9. The Labute approximate surface area is 246 Å². The monoisotopic (exact) mass is 583 g/mol. The van der Waals surface area contributed by atoms with E-state index in [9.17, 15) is 4.79 Å². The van der Waals surface area contributed by atoms with Gasteiger partial charge in [0.15, 0.2) is 0 Å². The summed E-state index contributed by atoms with van der Waals surface area (Å²) in [7, 11) is 0. The van der Waals surface area contributed by atoms with Crippen molar-refractivity contribution in [3.63, 3.8) is 0 Å². The van der Waals surface area contributed by atoms with E-state index in [4.69, 9.17) is 34.8 Å². The molecule has 0 spiro atoms. The van der Waals surface area contributed by atoms with Gasteiger partial charge in [-0.3, -0.25) is 0 Å². The van der Waals surface area contributed by atoms with Crippen LogP contribution in [-0.4, -0.2) is 17.1 Å². The van der Waals surface area contributed by atoms with Crippen LogP contribution in [0.4, 0.5) is 4.79 Å². The van der Waals surface area contributed by atoms with Gasteiger partial charge >= 0.3 is 6.03 Å². The van der Waals surface area contributed by atoms with Crippen LogP contribution in [0.1, 0.15) is 56.1 Å². The number of urea groups is 1. The van der Waals surface area contributed by atoms with Gasteiger partial charge in [0.25, 0.3) is 0 Å². The largest absolute Gasteiger partial charge is 0.338 e. The highest BCUT2D eigenvalue weighted by Gasteiger charge is 2.47. The Morgan fingerprint density at radius 1 is 0.897 bits per heavy atom. The van der Waals surface area contributed by atoms with Crippen LogP contribution in [0.2, 0.25) is 15.1 Å². The molecular formula is C32H36Cl3N3O. The van der Waals surface area contributed by atoms with Crippen molar-refractivity contribution in [2.75, 3.05) is 6.54 Å². The second kappa shape index (κ2) is 11.4. The number of aromatic nitrogens is 1. The average Bonchev–Trinajstić information content (AvgIpc) is 3.22. The molecule has 4 aliphatic rings. The SMILES string of the molecule is Cc1c(CNC(=O)NCCCC2C3CC4CC(C3)CC2C4)cn(-c2ccc(Cl)cc2Cl)c1-c1ccc(Cl)cc1. The summed E-state index contributed by atoms with van der Waals surface area (Å²) in [5.74, 6) is 4.82. The Kier molecular flexibility index (Phi) is 7.90. The number of hydrogen-bond donors (Lipinski definition) is 2. The Hall–Kier alpha value is -2.14. The van der Waals surface area contributed by atoms with Gasteiger partial charge in [0.1, 0.15) is 0 Å². The molecule has 0 radical (unpaired) electrons. The Morgan fingerprint density at radius 3 is 2.23 bits per heavy atom. The molecule has 0 atom stereocenters. The highest BCUT2D eigenvalue weighted by Crippen LogP contribution is 2.57. The van der Waals surface area contributed by atoms with Gasteiger partial charge in [-0.15, -0.1) is 0 Å². The van der Waals surface area contributed by atoms with Crippen LogP contribution in [0.5, 0.6) is 0 Å². The van der Waals surface area contributed by atoms with Gasteiger partial charge in [-0.25, -0.2) is 4.79 Å². The van der Waals surface area contributed by atoms with E-state index in [0.717, 1.165) is 70.6 Å². The molecule has 3 aromatic rings. The number of carbonyl (C=O) groups excluding carboxylic acids is 1. The number of nitrogens with one attached hydrogen (secondary N) is 2. The molecule has 4 fully saturated rings. The van der Waals surface area contributed by atoms with Crippen molar-refractivity contribution in [2.24, 2.45) is 29.6 Å². The van der Waals surface area contributed by atoms with Crippen LogP contribution in [0.15, 0.2) is 48.7 Å². The predicted octanol–water partition coefficient (Wildman–Crippen LogP) is 9.06. The van der Waals surface area contributed by atoms with Crippen LogP contribution < -0.4 is 10.6 Å². The Bertz CT molecular complexity index is 1320. The first-order valence-electron chi connectivity index (χ1n) is 14.3. The first kappa shape index (κ1) is 27.1. The van der Waals surface area contributed by atoms with Gasteiger partial charge in [0, 0.05) is 29.3 Å². The molecule has 4 nitrogen and oxygen atoms in total. The maximum absolute atomic E-state index is 12.7. The molecule has 2 amide bonds. The standard InChI is InChI=1S/C32H36Cl3N3O/c1-19-25(17-37-32(39)36-10-2-3-28-23-12-20-11-21(14-23)15-24(28)13-20)18-38(30-9-8-27(34)16-29(30)35)31(19)22-4-6-26(33)7-5-22/h4-9,16,18,20-21,23-24,28H,2-3,10-15,17H2,1H3,(H2,36,37,39). The smallest absolute Gasteiger partial charge is 0.315 e. The Balaban J connectivity index is 1.09. The van der Waals surface area contributed by atoms with E-state index in [-0.39, 0.29) is 6.03 Å². The lowest BCUT2D eigenvalue weighted by Gasteiger charge is -2.54. The number of rotatable bonds is 8. The maximum atomic E-state index is 12.7. The van der Waals surface area contributed by atoms with Crippen molar-refractivity contribution in [3.05, 3.63) is 74.9 Å². The van der Waals surface area contributed by atoms with E-state index in [1.165, 1.54) is 38.5 Å². The molecule has 39 heavy (non-hydrogen) atoms. The zero-order valence-corrected chi connectivity index (χ0v) is 24.6. The molecule has 1 aromatic heterocycles. The number of hydrogen-bond acceptors (Lipinski definition) is 1. The number of carbonyl (C=O) groups is 1. The fraction of sp³-hybridized carbons (Fsp3) is 0.469. The number of halogens is 3. The fourth-order valence-corrected chi connectivity index (χ4v) is 8.57. The summed E-state index contributed by atoms with van der Waals surface area (Å²) in [6.07, 6.45) is 11.7. The minimum Gasteiger partial charge on any atom is -0.338 e. The van der Waals surface area contributed by atoms with Crippen molar-refractivity contribution in [1.29, 1.82) is 0 Å². The normalized spacial score (nSPS) is 25.2. The molecule has 2 N–H and O–H groups in total. The van der Waals surface area contributed by atoms with Gasteiger partial charge in [0.05, 0.1) is 16.4 Å². The maximum Gasteiger partial charge on any atom is 0.315 e. The molecule has 206 valence electrons. The van der Waals surface area contributed by atoms with E-state index in [1.54, 1.807) is 6.07 Å². The number of amides is 2. The van der Waals surface area contributed by atoms with E-state index in [2.05, 4.69) is 22.1 Å². The lowest BCUT2D eigenvalue weighted by atomic mass is 9.51. The number of nitrogens with zero attached hydrogens (tertiary/aromatic N) is 1. The van der Waals surface area contributed by atoms with Crippen molar-refractivity contribution in [1.82, 2.24) is 15.2 Å². The van der Waals surface area contributed by atoms with E-state index < -0.39 is 0 Å². The second-order valence-corrected chi connectivity index (χ2v) is 13.2. The first-order chi connectivity index (χ1) is 18.9. The van der Waals surface area contributed by atoms with Crippen molar-refractivity contribution >= 4 is 40.8 Å². The molecule has 2 aromatic carbocycles. The summed E-state index contributed by atoms with van der Waals surface area (Å²) in [5.41, 5.74) is 4.95. The molecule has 1 heterocycles. The highest BCUT2D eigenvalue weighted by molar-refractivity contribution is 6.35. The molecular weight excluding hydrogens is 549 g/mol. The van der Waals surface area contributed by atoms with Gasteiger partial charge in [-0.1, -0.05) is 46.9 Å². The van der Waals surface area contributed by atoms with Crippen molar-refractivity contribution in [3.8, 4) is 16.9 Å². The summed E-state index contributed by atoms with van der Waals surface area (Å²) in [4.78, 5) is 12.7. The lowest BCUT2D eigenvalue weighted by molar-refractivity contribution is -0.0401. The van der Waals surface area contributed by atoms with Crippen LogP contribution in [-0.2, 0) is 6.54 Å². The molecule has 4 bridgehead atoms. The van der Waals surface area contributed by atoms with Crippen LogP contribution in [0, 0.1) is 36.5 Å². The second-order valence-electron chi connectivity index (χ2n) is 11.9. The molecule has 4 aliphatic carbocycles. The van der Waals surface area contributed by atoms with Crippen LogP contribution in [0.25, 0.3) is 16.9 Å². The fourth-order valence-electron chi connectivity index (χ4n) is 7.95. The summed E-state index contributed by atoms with van der Waals surface area (Å²) in [5, 5.41) is 7.99. The molecule has 4 saturated carbocycles. The molecule has 0 aliphatic heterocycles. The third kappa shape index (κ3) is 5.71. The van der Waals surface area contributed by atoms with Crippen molar-refractivity contribution in [2.45, 2.75) is 58.4 Å². The molecule has 7 heteroatoms. The predicted molar refractivity (Wildman–Crippen MR) is 161 cm³/mol. The minimum absolute atomic E-state index is 0.121. The third-order valence-electron chi connectivity index (χ3n) is 9.51.